The first-order chi connectivity index (χ1) is 8.56. The van der Waals surface area contributed by atoms with Gasteiger partial charge in [0.25, 0.3) is 0 Å². The first-order valence-corrected chi connectivity index (χ1v) is 6.28. The predicted molar refractivity (Wildman–Crippen MR) is 72.7 cm³/mol. The van der Waals surface area contributed by atoms with Gasteiger partial charge < -0.3 is 14.8 Å². The highest BCUT2D eigenvalue weighted by Gasteiger charge is 2.20. The van der Waals surface area contributed by atoms with Gasteiger partial charge in [0.15, 0.2) is 11.5 Å². The molecular formula is C14H20N2O2. The van der Waals surface area contributed by atoms with E-state index in [1.807, 2.05) is 25.1 Å². The molecule has 2 rings (SSSR count). The van der Waals surface area contributed by atoms with E-state index in [4.69, 9.17) is 4.42 Å². The molecule has 18 heavy (non-hydrogen) atoms. The number of fused-ring (bicyclic) bond motifs is 1. The third kappa shape index (κ3) is 2.64. The van der Waals surface area contributed by atoms with Crippen molar-refractivity contribution in [2.75, 3.05) is 18.5 Å². The van der Waals surface area contributed by atoms with Crippen molar-refractivity contribution in [3.05, 3.63) is 24.1 Å². The summed E-state index contributed by atoms with van der Waals surface area (Å²) in [4.78, 5) is 4.30. The molecule has 0 spiro atoms. The first-order valence-electron chi connectivity index (χ1n) is 6.28. The number of oxazole rings is 1. The van der Waals surface area contributed by atoms with Crippen molar-refractivity contribution in [2.24, 2.45) is 5.41 Å². The van der Waals surface area contributed by atoms with Crippen molar-refractivity contribution in [3.63, 3.8) is 0 Å². The van der Waals surface area contributed by atoms with Gasteiger partial charge in [-0.25, -0.2) is 4.98 Å². The highest BCUT2D eigenvalue weighted by atomic mass is 16.3. The normalized spacial score (nSPS) is 14.7. The lowest BCUT2D eigenvalue weighted by Crippen LogP contribution is -2.29. The lowest BCUT2D eigenvalue weighted by atomic mass is 9.88. The molecule has 0 amide bonds. The van der Waals surface area contributed by atoms with E-state index >= 15 is 0 Å². The third-order valence-corrected chi connectivity index (χ3v) is 3.45. The average Bonchev–Trinajstić information content (AvgIpc) is 2.75. The Morgan fingerprint density at radius 1 is 1.44 bits per heavy atom. The van der Waals surface area contributed by atoms with Gasteiger partial charge in [0, 0.05) is 24.6 Å². The minimum atomic E-state index is -0.0886. The van der Waals surface area contributed by atoms with Crippen LogP contribution in [0.2, 0.25) is 0 Å². The fraction of sp³-hybridized carbons (Fsp3) is 0.500. The molecular weight excluding hydrogens is 228 g/mol. The highest BCUT2D eigenvalue weighted by Crippen LogP contribution is 2.23. The van der Waals surface area contributed by atoms with Crippen LogP contribution in [0.15, 0.2) is 22.6 Å². The summed E-state index contributed by atoms with van der Waals surface area (Å²) in [5.74, 6) is 0.677. The molecule has 0 aliphatic carbocycles. The molecule has 1 unspecified atom stereocenters. The number of rotatable bonds is 5. The number of aliphatic hydroxyl groups is 1. The van der Waals surface area contributed by atoms with Gasteiger partial charge in [0.05, 0.1) is 6.61 Å². The number of aromatic nitrogens is 1. The number of anilines is 1. The van der Waals surface area contributed by atoms with E-state index in [0.717, 1.165) is 29.8 Å². The van der Waals surface area contributed by atoms with Gasteiger partial charge in [-0.3, -0.25) is 0 Å². The quantitative estimate of drug-likeness (QED) is 0.854. The Kier molecular flexibility index (Phi) is 3.57. The summed E-state index contributed by atoms with van der Waals surface area (Å²) in [6.45, 7) is 6.91. The molecule has 0 saturated heterocycles. The molecule has 4 nitrogen and oxygen atoms in total. The van der Waals surface area contributed by atoms with Crippen molar-refractivity contribution < 1.29 is 9.52 Å². The van der Waals surface area contributed by atoms with Gasteiger partial charge in [0.1, 0.15) is 5.52 Å². The van der Waals surface area contributed by atoms with Crippen LogP contribution < -0.4 is 5.32 Å². The highest BCUT2D eigenvalue weighted by molar-refractivity contribution is 5.77. The summed E-state index contributed by atoms with van der Waals surface area (Å²) in [6, 6.07) is 5.86. The van der Waals surface area contributed by atoms with Crippen LogP contribution in [0.1, 0.15) is 26.2 Å². The molecule has 1 aromatic heterocycles. The van der Waals surface area contributed by atoms with E-state index in [1.165, 1.54) is 0 Å². The van der Waals surface area contributed by atoms with Crippen molar-refractivity contribution in [1.29, 1.82) is 0 Å². The van der Waals surface area contributed by atoms with Gasteiger partial charge >= 0.3 is 0 Å². The molecule has 0 saturated carbocycles. The molecule has 0 aliphatic heterocycles. The van der Waals surface area contributed by atoms with E-state index in [1.54, 1.807) is 0 Å². The van der Waals surface area contributed by atoms with Gasteiger partial charge in [-0.05, 0) is 24.6 Å². The number of nitrogens with zero attached hydrogens (tertiary/aromatic N) is 1. The second-order valence-corrected chi connectivity index (χ2v) is 5.09. The molecule has 0 radical (unpaired) electrons. The van der Waals surface area contributed by atoms with Crippen LogP contribution in [-0.2, 0) is 0 Å². The van der Waals surface area contributed by atoms with Gasteiger partial charge in [-0.1, -0.05) is 13.8 Å². The topological polar surface area (TPSA) is 58.3 Å². The minimum absolute atomic E-state index is 0.0886. The zero-order valence-electron chi connectivity index (χ0n) is 11.2. The Morgan fingerprint density at radius 3 is 2.89 bits per heavy atom. The van der Waals surface area contributed by atoms with Crippen LogP contribution >= 0.6 is 0 Å². The van der Waals surface area contributed by atoms with Crippen LogP contribution in [0.3, 0.4) is 0 Å². The standard InChI is InChI=1S/C14H20N2O2/c1-4-14(3,9-17)8-15-11-5-6-13-12(7-11)16-10(2)18-13/h5-7,15,17H,4,8-9H2,1-3H3. The Bertz CT molecular complexity index is 530. The van der Waals surface area contributed by atoms with Crippen molar-refractivity contribution >= 4 is 16.8 Å². The fourth-order valence-corrected chi connectivity index (χ4v) is 1.76. The number of benzene rings is 1. The smallest absolute Gasteiger partial charge is 0.192 e. The van der Waals surface area contributed by atoms with Crippen LogP contribution in [0.25, 0.3) is 11.1 Å². The summed E-state index contributed by atoms with van der Waals surface area (Å²) in [5, 5.41) is 12.7. The van der Waals surface area contributed by atoms with Crippen LogP contribution in [0.5, 0.6) is 0 Å². The molecule has 1 atom stereocenters. The second-order valence-electron chi connectivity index (χ2n) is 5.09. The minimum Gasteiger partial charge on any atom is -0.441 e. The second kappa shape index (κ2) is 4.98. The largest absolute Gasteiger partial charge is 0.441 e. The summed E-state index contributed by atoms with van der Waals surface area (Å²) in [6.07, 6.45) is 0.932. The number of aryl methyl sites for hydroxylation is 1. The molecule has 2 aromatic rings. The van der Waals surface area contributed by atoms with Crippen LogP contribution in [0, 0.1) is 12.3 Å². The fourth-order valence-electron chi connectivity index (χ4n) is 1.76. The van der Waals surface area contributed by atoms with Crippen LogP contribution in [-0.4, -0.2) is 23.2 Å². The van der Waals surface area contributed by atoms with Crippen molar-refractivity contribution in [3.8, 4) is 0 Å². The maximum atomic E-state index is 9.37. The Morgan fingerprint density at radius 2 is 2.22 bits per heavy atom. The maximum absolute atomic E-state index is 9.37. The maximum Gasteiger partial charge on any atom is 0.192 e. The summed E-state index contributed by atoms with van der Waals surface area (Å²) in [5.41, 5.74) is 2.58. The third-order valence-electron chi connectivity index (χ3n) is 3.45. The average molecular weight is 248 g/mol. The molecule has 0 bridgehead atoms. The number of aliphatic hydroxyl groups excluding tert-OH is 1. The monoisotopic (exact) mass is 248 g/mol. The number of hydrogen-bond acceptors (Lipinski definition) is 4. The van der Waals surface area contributed by atoms with E-state index in [9.17, 15) is 5.11 Å². The SMILES string of the molecule is CCC(C)(CO)CNc1ccc2oc(C)nc2c1. The van der Waals surface area contributed by atoms with E-state index in [0.29, 0.717) is 5.89 Å². The Hall–Kier alpha value is -1.55. The van der Waals surface area contributed by atoms with E-state index in [2.05, 4.69) is 24.1 Å². The van der Waals surface area contributed by atoms with Gasteiger partial charge in [-0.15, -0.1) is 0 Å². The van der Waals surface area contributed by atoms with E-state index in [-0.39, 0.29) is 12.0 Å². The zero-order chi connectivity index (χ0) is 13.2. The molecule has 4 heteroatoms. The summed E-state index contributed by atoms with van der Waals surface area (Å²) in [7, 11) is 0. The molecule has 0 aliphatic rings. The van der Waals surface area contributed by atoms with Gasteiger partial charge in [0.2, 0.25) is 0 Å². The summed E-state index contributed by atoms with van der Waals surface area (Å²) < 4.78 is 5.43. The molecule has 2 N–H and O–H groups in total. The zero-order valence-corrected chi connectivity index (χ0v) is 11.2. The van der Waals surface area contributed by atoms with Crippen molar-refractivity contribution in [1.82, 2.24) is 4.98 Å². The molecule has 1 heterocycles. The van der Waals surface area contributed by atoms with E-state index < -0.39 is 0 Å². The molecule has 0 fully saturated rings. The lowest BCUT2D eigenvalue weighted by molar-refractivity contribution is 0.149. The molecule has 1 aromatic carbocycles. The Balaban J connectivity index is 2.12. The number of hydrogen-bond donors (Lipinski definition) is 2. The Labute approximate surface area is 107 Å². The van der Waals surface area contributed by atoms with Crippen molar-refractivity contribution in [2.45, 2.75) is 27.2 Å². The predicted octanol–water partition coefficient (Wildman–Crippen LogP) is 2.96. The summed E-state index contributed by atoms with van der Waals surface area (Å²) >= 11 is 0. The lowest BCUT2D eigenvalue weighted by Gasteiger charge is -2.26. The first kappa shape index (κ1) is 12.9. The van der Waals surface area contributed by atoms with Gasteiger partial charge in [-0.2, -0.15) is 0 Å². The molecule has 98 valence electrons. The van der Waals surface area contributed by atoms with Crippen LogP contribution in [0.4, 0.5) is 5.69 Å². The number of nitrogens with one attached hydrogen (secondary N) is 1.